The van der Waals surface area contributed by atoms with E-state index in [-0.39, 0.29) is 22.6 Å². The lowest BCUT2D eigenvalue weighted by atomic mass is 10.1. The van der Waals surface area contributed by atoms with Gasteiger partial charge in [0.15, 0.2) is 41.9 Å². The molecule has 3 fully saturated rings. The summed E-state index contributed by atoms with van der Waals surface area (Å²) in [5.41, 5.74) is 13.1. The zero-order valence-corrected chi connectivity index (χ0v) is 24.9. The van der Waals surface area contributed by atoms with Crippen LogP contribution >= 0.6 is 15.1 Å². The Bertz CT molecular complexity index is 1700. The average molecular weight is 655 g/mol. The van der Waals surface area contributed by atoms with E-state index in [0.717, 1.165) is 14.2 Å². The standard InChI is InChI=1S/C22H26BF2N9O8P2/c1-43(35)37-4-10-17(13(25)22(39-10)34-8-32-15-18(27)29-6-30-20(15)34)42-44(23,36)38-5-11-16(41-43)12(24)21(40-11)33-7-31-14-9(26)2-3-28-19(14)33/h2-3,6-8,10-13,16-17,21-22H,4-5,23H2,1H3,(H2,26,28)(H2,27,29,30)/t10-,11-,12-,13-,16-,17-,21-,22-,43+,44+/m1/s1. The molecule has 7 rings (SSSR count). The Labute approximate surface area is 248 Å². The molecule has 0 amide bonds. The molecule has 0 saturated carbocycles. The fraction of sp³-hybridized carbons (Fsp3) is 0.500. The molecule has 0 spiro atoms. The molecule has 17 nitrogen and oxygen atoms in total. The van der Waals surface area contributed by atoms with Crippen LogP contribution in [0, 0.1) is 0 Å². The minimum Gasteiger partial charge on any atom is -0.397 e. The predicted molar refractivity (Wildman–Crippen MR) is 151 cm³/mol. The molecule has 0 aliphatic carbocycles. The molecule has 0 aromatic carbocycles. The van der Waals surface area contributed by atoms with E-state index in [0.29, 0.717) is 11.2 Å². The van der Waals surface area contributed by atoms with Crippen LogP contribution in [-0.2, 0) is 36.7 Å². The number of halogens is 2. The van der Waals surface area contributed by atoms with Crippen LogP contribution in [0.4, 0.5) is 20.3 Å². The second-order valence-corrected chi connectivity index (χ2v) is 14.6. The Morgan fingerprint density at radius 3 is 2.14 bits per heavy atom. The van der Waals surface area contributed by atoms with Crippen molar-refractivity contribution in [2.24, 2.45) is 0 Å². The van der Waals surface area contributed by atoms with Crippen LogP contribution < -0.4 is 11.5 Å². The van der Waals surface area contributed by atoms with E-state index in [1.807, 2.05) is 0 Å². The van der Waals surface area contributed by atoms with Crippen LogP contribution in [0.25, 0.3) is 22.3 Å². The van der Waals surface area contributed by atoms with E-state index in [1.165, 1.54) is 34.3 Å². The van der Waals surface area contributed by atoms with Crippen molar-refractivity contribution < 1.29 is 45.5 Å². The van der Waals surface area contributed by atoms with Crippen molar-refractivity contribution in [3.05, 3.63) is 31.2 Å². The van der Waals surface area contributed by atoms with Crippen molar-refractivity contribution in [1.82, 2.24) is 34.1 Å². The zero-order valence-electron chi connectivity index (χ0n) is 23.1. The highest BCUT2D eigenvalue weighted by molar-refractivity contribution is 7.79. The molecule has 3 saturated heterocycles. The molecule has 234 valence electrons. The molecule has 4 aromatic heterocycles. The van der Waals surface area contributed by atoms with Gasteiger partial charge in [0.1, 0.15) is 41.8 Å². The number of imidazole rings is 2. The first-order valence-electron chi connectivity index (χ1n) is 13.3. The van der Waals surface area contributed by atoms with Crippen molar-refractivity contribution in [3.63, 3.8) is 0 Å². The number of hydrogen-bond donors (Lipinski definition) is 2. The quantitative estimate of drug-likeness (QED) is 0.230. The second kappa shape index (κ2) is 10.8. The molecule has 22 heteroatoms. The van der Waals surface area contributed by atoms with Crippen LogP contribution in [0.5, 0.6) is 0 Å². The van der Waals surface area contributed by atoms with Crippen molar-refractivity contribution in [3.8, 4) is 0 Å². The van der Waals surface area contributed by atoms with E-state index in [9.17, 15) is 9.13 Å². The van der Waals surface area contributed by atoms with Crippen molar-refractivity contribution in [2.75, 3.05) is 31.3 Å². The van der Waals surface area contributed by atoms with E-state index >= 15 is 8.78 Å². The molecule has 7 heterocycles. The highest BCUT2D eigenvalue weighted by Crippen LogP contribution is 2.54. The normalized spacial score (nSPS) is 38.2. The van der Waals surface area contributed by atoms with Gasteiger partial charge < -0.3 is 34.5 Å². The maximum absolute atomic E-state index is 16.0. The number of pyridine rings is 1. The first-order chi connectivity index (χ1) is 20.9. The summed E-state index contributed by atoms with van der Waals surface area (Å²) in [4.78, 5) is 20.5. The summed E-state index contributed by atoms with van der Waals surface area (Å²) in [6, 6.07) is 1.54. The summed E-state index contributed by atoms with van der Waals surface area (Å²) in [5, 5.41) is 0. The van der Waals surface area contributed by atoms with Gasteiger partial charge in [0.25, 0.3) is 15.0 Å². The number of hydrogen-bond acceptors (Lipinski definition) is 15. The average Bonchev–Trinajstić information content (AvgIpc) is 3.73. The molecule has 3 aliphatic rings. The number of nitrogens with two attached hydrogens (primary N) is 2. The lowest BCUT2D eigenvalue weighted by Gasteiger charge is -2.29. The number of nitrogen functional groups attached to an aromatic ring is 2. The molecular weight excluding hydrogens is 629 g/mol. The second-order valence-electron chi connectivity index (χ2n) is 10.6. The molecule has 4 N–H and O–H groups in total. The van der Waals surface area contributed by atoms with Crippen LogP contribution in [0.2, 0.25) is 0 Å². The first kappa shape index (κ1) is 29.6. The Morgan fingerprint density at radius 1 is 0.864 bits per heavy atom. The van der Waals surface area contributed by atoms with Gasteiger partial charge in [-0.15, -0.1) is 0 Å². The summed E-state index contributed by atoms with van der Waals surface area (Å²) in [6.07, 6.45) is -6.92. The van der Waals surface area contributed by atoms with Crippen molar-refractivity contribution >= 4 is 56.5 Å². The molecule has 0 bridgehead atoms. The molecule has 4 aromatic rings. The monoisotopic (exact) mass is 655 g/mol. The maximum atomic E-state index is 16.0. The zero-order chi connectivity index (χ0) is 31.0. The van der Waals surface area contributed by atoms with E-state index in [2.05, 4.69) is 24.9 Å². The number of fused-ring (bicyclic) bond motifs is 4. The van der Waals surface area contributed by atoms with Crippen LogP contribution in [0.1, 0.15) is 12.5 Å². The Balaban J connectivity index is 1.17. The molecule has 0 unspecified atom stereocenters. The summed E-state index contributed by atoms with van der Waals surface area (Å²) in [5.74, 6) is 0.0755. The number of rotatable bonds is 2. The highest BCUT2D eigenvalue weighted by Gasteiger charge is 2.54. The molecule has 10 atom stereocenters. The fourth-order valence-electron chi connectivity index (χ4n) is 5.47. The molecule has 44 heavy (non-hydrogen) atoms. The fourth-order valence-corrected chi connectivity index (χ4v) is 7.82. The van der Waals surface area contributed by atoms with Gasteiger partial charge in [-0.05, 0) is 6.07 Å². The van der Waals surface area contributed by atoms with Gasteiger partial charge in [-0.25, -0.2) is 33.7 Å². The third kappa shape index (κ3) is 5.08. The van der Waals surface area contributed by atoms with Gasteiger partial charge in [0, 0.05) is 12.9 Å². The lowest BCUT2D eigenvalue weighted by Crippen LogP contribution is -2.37. The van der Waals surface area contributed by atoms with E-state index in [1.54, 1.807) is 6.07 Å². The summed E-state index contributed by atoms with van der Waals surface area (Å²) in [6.45, 7) is 0.0697. The number of aromatic nitrogens is 7. The molecular formula is C22H26BF2N9O8P2. The number of nitrogens with zero attached hydrogens (tertiary/aromatic N) is 7. The number of anilines is 2. The topological polar surface area (TPSA) is 216 Å². The van der Waals surface area contributed by atoms with Gasteiger partial charge in [-0.2, -0.15) is 0 Å². The largest absolute Gasteiger partial charge is 0.397 e. The highest BCUT2D eigenvalue weighted by atomic mass is 31.2. The third-order valence-electron chi connectivity index (χ3n) is 7.53. The Morgan fingerprint density at radius 2 is 1.45 bits per heavy atom. The maximum Gasteiger partial charge on any atom is 0.328 e. The predicted octanol–water partition coefficient (Wildman–Crippen LogP) is 1.29. The summed E-state index contributed by atoms with van der Waals surface area (Å²) in [7, 11) is -6.97. The van der Waals surface area contributed by atoms with Gasteiger partial charge in [0.2, 0.25) is 0 Å². The Hall–Kier alpha value is -3.09. The first-order valence-corrected chi connectivity index (χ1v) is 17.3. The van der Waals surface area contributed by atoms with Gasteiger partial charge in [-0.1, -0.05) is 0 Å². The molecule has 3 aliphatic heterocycles. The van der Waals surface area contributed by atoms with Crippen molar-refractivity contribution in [1.29, 1.82) is 0 Å². The third-order valence-corrected chi connectivity index (χ3v) is 10.0. The minimum atomic E-state index is -4.05. The molecule has 0 radical (unpaired) electrons. The minimum absolute atomic E-state index is 0.0755. The van der Waals surface area contributed by atoms with Crippen LogP contribution in [0.3, 0.4) is 0 Å². The summed E-state index contributed by atoms with van der Waals surface area (Å²) < 4.78 is 95.9. The number of alkyl halides is 2. The van der Waals surface area contributed by atoms with Crippen LogP contribution in [-0.4, -0.2) is 98.3 Å². The lowest BCUT2D eigenvalue weighted by molar-refractivity contribution is -0.0556. The van der Waals surface area contributed by atoms with E-state index < -0.39 is 77.5 Å². The van der Waals surface area contributed by atoms with Gasteiger partial charge in [0.05, 0.1) is 31.6 Å². The summed E-state index contributed by atoms with van der Waals surface area (Å²) >= 11 is 0. The Kier molecular flexibility index (Phi) is 7.25. The van der Waals surface area contributed by atoms with Gasteiger partial charge in [-0.3, -0.25) is 22.8 Å². The number of ether oxygens (including phenoxy) is 2. The smallest absolute Gasteiger partial charge is 0.328 e. The van der Waals surface area contributed by atoms with Crippen LogP contribution in [0.15, 0.2) is 31.2 Å². The SMILES string of the molecule is B[P@]1(=O)OC[C@H]2O[C@@H](n3cnc4c(N)ccnc43)[C@H](F)[C@@H]2O[P@@](C)(=O)OC[C@H]2O[C@@H](n3cnc4c(N)ncnc43)[C@H](F)[C@@H]2O1. The van der Waals surface area contributed by atoms with E-state index in [4.69, 9.17) is 39.0 Å². The van der Waals surface area contributed by atoms with Gasteiger partial charge >= 0.3 is 7.60 Å². The van der Waals surface area contributed by atoms with Crippen molar-refractivity contribution in [2.45, 2.75) is 49.2 Å².